The summed E-state index contributed by atoms with van der Waals surface area (Å²) in [7, 11) is 0. The van der Waals surface area contributed by atoms with E-state index in [1.54, 1.807) is 54.9 Å². The first-order chi connectivity index (χ1) is 19.0. The van der Waals surface area contributed by atoms with E-state index in [4.69, 9.17) is 4.74 Å². The third-order valence-electron chi connectivity index (χ3n) is 6.38. The van der Waals surface area contributed by atoms with E-state index in [1.165, 1.54) is 11.1 Å². The number of rotatable bonds is 8. The van der Waals surface area contributed by atoms with E-state index in [9.17, 15) is 14.4 Å². The van der Waals surface area contributed by atoms with Crippen molar-refractivity contribution in [2.24, 2.45) is 0 Å². The maximum Gasteiger partial charge on any atom is 0.411 e. The van der Waals surface area contributed by atoms with Gasteiger partial charge in [0.2, 0.25) is 5.91 Å². The van der Waals surface area contributed by atoms with E-state index in [0.29, 0.717) is 22.5 Å². The molecule has 0 saturated carbocycles. The molecule has 196 valence electrons. The number of carbonyl (C=O) groups excluding carboxylic acids is 3. The maximum absolute atomic E-state index is 13.5. The van der Waals surface area contributed by atoms with Crippen LogP contribution in [0.25, 0.3) is 0 Å². The Morgan fingerprint density at radius 1 is 0.974 bits per heavy atom. The molecule has 1 aliphatic rings. The van der Waals surface area contributed by atoms with Crippen LogP contribution < -0.4 is 10.6 Å². The number of ether oxygens (including phenoxy) is 1. The molecular weight excluding hydrogens is 494 g/mol. The molecule has 1 saturated heterocycles. The van der Waals surface area contributed by atoms with Crippen molar-refractivity contribution in [3.8, 4) is 0 Å². The quantitative estimate of drug-likeness (QED) is 0.355. The molecule has 0 aliphatic carbocycles. The standard InChI is InChI=1S/C30H27N5O4/c1-20-6-4-7-21(16-20)19-35-26(29(37)33-18-25-9-2-3-15-32-25)27(39-30(35)38)22-10-12-24(13-11-22)34-28(36)23-8-5-14-31-17-23/h2-17,26-27H,18-19H2,1H3,(H,33,37)(H,34,36)/t26-,27-/m0/s1. The minimum absolute atomic E-state index is 0.217. The van der Waals surface area contributed by atoms with Gasteiger partial charge < -0.3 is 15.4 Å². The summed E-state index contributed by atoms with van der Waals surface area (Å²) >= 11 is 0. The number of hydrogen-bond donors (Lipinski definition) is 2. The highest BCUT2D eigenvalue weighted by molar-refractivity contribution is 6.04. The maximum atomic E-state index is 13.5. The highest BCUT2D eigenvalue weighted by Gasteiger charge is 2.47. The number of benzene rings is 2. The van der Waals surface area contributed by atoms with Crippen molar-refractivity contribution in [1.82, 2.24) is 20.2 Å². The van der Waals surface area contributed by atoms with Gasteiger partial charge in [0, 0.05) is 24.3 Å². The molecule has 3 heterocycles. The predicted octanol–water partition coefficient (Wildman–Crippen LogP) is 4.42. The Kier molecular flexibility index (Phi) is 7.58. The summed E-state index contributed by atoms with van der Waals surface area (Å²) in [5, 5.41) is 5.73. The van der Waals surface area contributed by atoms with E-state index in [2.05, 4.69) is 20.6 Å². The molecule has 2 aromatic carbocycles. The Morgan fingerprint density at radius 3 is 2.54 bits per heavy atom. The van der Waals surface area contributed by atoms with Crippen LogP contribution >= 0.6 is 0 Å². The van der Waals surface area contributed by atoms with Crippen molar-refractivity contribution in [2.75, 3.05) is 5.32 Å². The molecule has 2 atom stereocenters. The van der Waals surface area contributed by atoms with E-state index in [-0.39, 0.29) is 24.9 Å². The third-order valence-corrected chi connectivity index (χ3v) is 6.38. The summed E-state index contributed by atoms with van der Waals surface area (Å²) in [5.41, 5.74) is 4.27. The van der Waals surface area contributed by atoms with Gasteiger partial charge in [-0.25, -0.2) is 4.79 Å². The molecule has 3 amide bonds. The van der Waals surface area contributed by atoms with Gasteiger partial charge in [-0.15, -0.1) is 0 Å². The zero-order chi connectivity index (χ0) is 27.2. The van der Waals surface area contributed by atoms with E-state index in [1.807, 2.05) is 43.3 Å². The van der Waals surface area contributed by atoms with Crippen LogP contribution in [0.4, 0.5) is 10.5 Å². The fourth-order valence-corrected chi connectivity index (χ4v) is 4.46. The average molecular weight is 522 g/mol. The number of amides is 3. The van der Waals surface area contributed by atoms with Gasteiger partial charge in [-0.05, 0) is 54.4 Å². The van der Waals surface area contributed by atoms with Crippen LogP contribution in [0, 0.1) is 6.92 Å². The number of aromatic nitrogens is 2. The number of pyridine rings is 2. The Balaban J connectivity index is 1.37. The van der Waals surface area contributed by atoms with Crippen molar-refractivity contribution in [3.63, 3.8) is 0 Å². The molecule has 0 radical (unpaired) electrons. The summed E-state index contributed by atoms with van der Waals surface area (Å²) in [4.78, 5) is 48.7. The Morgan fingerprint density at radius 2 is 1.82 bits per heavy atom. The second-order valence-corrected chi connectivity index (χ2v) is 9.22. The monoisotopic (exact) mass is 521 g/mol. The molecule has 1 fully saturated rings. The van der Waals surface area contributed by atoms with Gasteiger partial charge in [0.15, 0.2) is 12.1 Å². The lowest BCUT2D eigenvalue weighted by atomic mass is 10.00. The minimum atomic E-state index is -0.905. The Hall–Kier alpha value is -5.05. The number of carbonyl (C=O) groups is 3. The first-order valence-electron chi connectivity index (χ1n) is 12.5. The molecule has 0 unspecified atom stereocenters. The lowest BCUT2D eigenvalue weighted by Gasteiger charge is -2.24. The second kappa shape index (κ2) is 11.6. The number of nitrogens with zero attached hydrogens (tertiary/aromatic N) is 3. The number of aryl methyl sites for hydroxylation is 1. The van der Waals surface area contributed by atoms with Crippen LogP contribution in [0.5, 0.6) is 0 Å². The minimum Gasteiger partial charge on any atom is -0.438 e. The highest BCUT2D eigenvalue weighted by Crippen LogP contribution is 2.34. The molecule has 4 aromatic rings. The Bertz CT molecular complexity index is 1460. The van der Waals surface area contributed by atoms with Crippen molar-refractivity contribution < 1.29 is 19.1 Å². The van der Waals surface area contributed by atoms with Gasteiger partial charge in [-0.1, -0.05) is 48.0 Å². The van der Waals surface area contributed by atoms with Gasteiger partial charge in [0.1, 0.15) is 0 Å². The van der Waals surface area contributed by atoms with Crippen LogP contribution in [-0.2, 0) is 22.6 Å². The fraction of sp³-hybridized carbons (Fsp3) is 0.167. The molecule has 5 rings (SSSR count). The summed E-state index contributed by atoms with van der Waals surface area (Å²) in [6.07, 6.45) is 3.33. The van der Waals surface area contributed by atoms with Gasteiger partial charge in [-0.2, -0.15) is 0 Å². The SMILES string of the molecule is Cc1cccc(CN2C(=O)O[C@@H](c3ccc(NC(=O)c4cccnc4)cc3)[C@H]2C(=O)NCc2ccccn2)c1. The average Bonchev–Trinajstić information content (AvgIpc) is 3.28. The lowest BCUT2D eigenvalue weighted by Crippen LogP contribution is -2.46. The van der Waals surface area contributed by atoms with Gasteiger partial charge >= 0.3 is 6.09 Å². The van der Waals surface area contributed by atoms with Crippen molar-refractivity contribution in [2.45, 2.75) is 32.2 Å². The molecular formula is C30H27N5O4. The van der Waals surface area contributed by atoms with Gasteiger partial charge in [-0.3, -0.25) is 24.5 Å². The summed E-state index contributed by atoms with van der Waals surface area (Å²) in [6.45, 7) is 2.41. The summed E-state index contributed by atoms with van der Waals surface area (Å²) in [5.74, 6) is -0.641. The molecule has 2 N–H and O–H groups in total. The van der Waals surface area contributed by atoms with Crippen molar-refractivity contribution in [3.05, 3.63) is 125 Å². The molecule has 1 aliphatic heterocycles. The predicted molar refractivity (Wildman–Crippen MR) is 144 cm³/mol. The van der Waals surface area contributed by atoms with Crippen LogP contribution in [0.15, 0.2) is 97.5 Å². The summed E-state index contributed by atoms with van der Waals surface area (Å²) < 4.78 is 5.75. The zero-order valence-electron chi connectivity index (χ0n) is 21.3. The normalized spacial score (nSPS) is 16.4. The lowest BCUT2D eigenvalue weighted by molar-refractivity contribution is -0.126. The number of anilines is 1. The molecule has 2 aromatic heterocycles. The van der Waals surface area contributed by atoms with E-state index < -0.39 is 18.2 Å². The van der Waals surface area contributed by atoms with Gasteiger partial charge in [0.05, 0.1) is 24.3 Å². The van der Waals surface area contributed by atoms with Crippen LogP contribution in [0.3, 0.4) is 0 Å². The van der Waals surface area contributed by atoms with E-state index in [0.717, 1.165) is 11.1 Å². The largest absolute Gasteiger partial charge is 0.438 e. The first kappa shape index (κ1) is 25.6. The number of cyclic esters (lactones) is 1. The number of hydrogen-bond acceptors (Lipinski definition) is 6. The number of nitrogens with one attached hydrogen (secondary N) is 2. The van der Waals surface area contributed by atoms with Crippen LogP contribution in [0.2, 0.25) is 0 Å². The highest BCUT2D eigenvalue weighted by atomic mass is 16.6. The van der Waals surface area contributed by atoms with Gasteiger partial charge in [0.25, 0.3) is 5.91 Å². The molecule has 9 nitrogen and oxygen atoms in total. The second-order valence-electron chi connectivity index (χ2n) is 9.22. The fourth-order valence-electron chi connectivity index (χ4n) is 4.46. The Labute approximate surface area is 225 Å². The first-order valence-corrected chi connectivity index (χ1v) is 12.5. The third kappa shape index (κ3) is 6.10. The zero-order valence-corrected chi connectivity index (χ0v) is 21.3. The van der Waals surface area contributed by atoms with Crippen LogP contribution in [0.1, 0.15) is 38.8 Å². The van der Waals surface area contributed by atoms with Crippen molar-refractivity contribution in [1.29, 1.82) is 0 Å². The topological polar surface area (TPSA) is 114 Å². The molecule has 9 heteroatoms. The smallest absolute Gasteiger partial charge is 0.411 e. The summed E-state index contributed by atoms with van der Waals surface area (Å²) in [6, 6.07) is 22.6. The molecule has 0 spiro atoms. The van der Waals surface area contributed by atoms with Crippen LogP contribution in [-0.4, -0.2) is 38.8 Å². The van der Waals surface area contributed by atoms with Crippen molar-refractivity contribution >= 4 is 23.6 Å². The molecule has 0 bridgehead atoms. The van der Waals surface area contributed by atoms with E-state index >= 15 is 0 Å². The molecule has 39 heavy (non-hydrogen) atoms.